The lowest BCUT2D eigenvalue weighted by Gasteiger charge is -2.15. The van der Waals surface area contributed by atoms with E-state index in [-0.39, 0.29) is 17.8 Å². The normalized spacial score (nSPS) is 13.7. The van der Waals surface area contributed by atoms with Gasteiger partial charge in [0.2, 0.25) is 0 Å². The molecule has 0 bridgehead atoms. The molecule has 2 atom stereocenters. The number of amides is 1. The van der Waals surface area contributed by atoms with Crippen molar-refractivity contribution in [3.63, 3.8) is 0 Å². The predicted molar refractivity (Wildman–Crippen MR) is 69.8 cm³/mol. The number of nitro groups is 1. The van der Waals surface area contributed by atoms with Gasteiger partial charge in [-0.25, -0.2) is 0 Å². The zero-order valence-electron chi connectivity index (χ0n) is 10.8. The van der Waals surface area contributed by atoms with Gasteiger partial charge in [0.05, 0.1) is 11.0 Å². The summed E-state index contributed by atoms with van der Waals surface area (Å²) in [6.07, 6.45) is -0.743. The van der Waals surface area contributed by atoms with Crippen molar-refractivity contribution in [3.8, 4) is 0 Å². The fourth-order valence-electron chi connectivity index (χ4n) is 1.43. The van der Waals surface area contributed by atoms with E-state index < -0.39 is 23.0 Å². The van der Waals surface area contributed by atoms with E-state index in [1.807, 2.05) is 0 Å². The van der Waals surface area contributed by atoms with Gasteiger partial charge < -0.3 is 16.2 Å². The second-order valence-corrected chi connectivity index (χ2v) is 4.37. The highest BCUT2D eigenvalue weighted by Crippen LogP contribution is 2.19. The van der Waals surface area contributed by atoms with E-state index in [0.717, 1.165) is 0 Å². The van der Waals surface area contributed by atoms with Crippen molar-refractivity contribution >= 4 is 11.6 Å². The quantitative estimate of drug-likeness (QED) is 0.525. The van der Waals surface area contributed by atoms with Crippen LogP contribution in [0.5, 0.6) is 0 Å². The van der Waals surface area contributed by atoms with Crippen LogP contribution in [0, 0.1) is 17.0 Å². The first-order valence-electron chi connectivity index (χ1n) is 5.79. The third-order valence-electron chi connectivity index (χ3n) is 2.79. The van der Waals surface area contributed by atoms with Crippen molar-refractivity contribution in [1.29, 1.82) is 0 Å². The Labute approximate surface area is 110 Å². The third-order valence-corrected chi connectivity index (χ3v) is 2.79. The fourth-order valence-corrected chi connectivity index (χ4v) is 1.43. The maximum atomic E-state index is 11.8. The molecule has 0 aromatic heterocycles. The number of benzene rings is 1. The fraction of sp³-hybridized carbons (Fsp3) is 0.417. The van der Waals surface area contributed by atoms with E-state index in [9.17, 15) is 20.0 Å². The van der Waals surface area contributed by atoms with E-state index in [0.29, 0.717) is 5.56 Å². The number of carbonyl (C=O) groups excluding carboxylic acids is 1. The Hall–Kier alpha value is -1.99. The summed E-state index contributed by atoms with van der Waals surface area (Å²) in [5, 5.41) is 22.5. The molecule has 7 nitrogen and oxygen atoms in total. The molecule has 0 aliphatic rings. The summed E-state index contributed by atoms with van der Waals surface area (Å²) < 4.78 is 0. The molecule has 1 rings (SSSR count). The second kappa shape index (κ2) is 6.26. The van der Waals surface area contributed by atoms with Crippen molar-refractivity contribution in [2.45, 2.75) is 26.0 Å². The summed E-state index contributed by atoms with van der Waals surface area (Å²) in [5.41, 5.74) is 6.15. The number of nitrogens with one attached hydrogen (secondary N) is 1. The van der Waals surface area contributed by atoms with E-state index in [1.165, 1.54) is 25.1 Å². The van der Waals surface area contributed by atoms with E-state index in [4.69, 9.17) is 5.73 Å². The predicted octanol–water partition coefficient (Wildman–Crippen LogP) is 0.341. The Morgan fingerprint density at radius 3 is 2.74 bits per heavy atom. The second-order valence-electron chi connectivity index (χ2n) is 4.37. The van der Waals surface area contributed by atoms with Crippen LogP contribution in [0.4, 0.5) is 5.69 Å². The molecule has 7 heteroatoms. The molecule has 0 heterocycles. The smallest absolute Gasteiger partial charge is 0.273 e. The van der Waals surface area contributed by atoms with Gasteiger partial charge in [-0.15, -0.1) is 0 Å². The lowest BCUT2D eigenvalue weighted by atomic mass is 10.1. The SMILES string of the molecule is Cc1ccc(C(=O)NCC(N)C(C)O)cc1[N+](=O)[O-]. The van der Waals surface area contributed by atoms with E-state index in [1.54, 1.807) is 6.92 Å². The summed E-state index contributed by atoms with van der Waals surface area (Å²) in [6.45, 7) is 3.22. The van der Waals surface area contributed by atoms with Crippen LogP contribution in [0.25, 0.3) is 0 Å². The van der Waals surface area contributed by atoms with Crippen LogP contribution in [0.1, 0.15) is 22.8 Å². The van der Waals surface area contributed by atoms with Crippen LogP contribution in [-0.2, 0) is 0 Å². The summed E-state index contributed by atoms with van der Waals surface area (Å²) in [4.78, 5) is 22.0. The van der Waals surface area contributed by atoms with E-state index >= 15 is 0 Å². The number of hydrogen-bond acceptors (Lipinski definition) is 5. The Bertz CT molecular complexity index is 488. The number of hydrogen-bond donors (Lipinski definition) is 3. The highest BCUT2D eigenvalue weighted by Gasteiger charge is 2.16. The molecular weight excluding hydrogens is 250 g/mol. The topological polar surface area (TPSA) is 118 Å². The average Bonchev–Trinajstić information content (AvgIpc) is 2.35. The molecule has 4 N–H and O–H groups in total. The molecule has 0 fully saturated rings. The minimum atomic E-state index is -0.743. The molecule has 104 valence electrons. The number of nitro benzene ring substituents is 1. The van der Waals surface area contributed by atoms with Crippen LogP contribution in [0.15, 0.2) is 18.2 Å². The molecule has 1 amide bonds. The first-order chi connectivity index (χ1) is 8.82. The van der Waals surface area contributed by atoms with Crippen LogP contribution in [0.2, 0.25) is 0 Å². The Balaban J connectivity index is 2.78. The minimum Gasteiger partial charge on any atom is -0.392 e. The average molecular weight is 267 g/mol. The van der Waals surface area contributed by atoms with Crippen molar-refractivity contribution in [2.24, 2.45) is 5.73 Å². The van der Waals surface area contributed by atoms with Crippen molar-refractivity contribution in [2.75, 3.05) is 6.54 Å². The van der Waals surface area contributed by atoms with Crippen LogP contribution in [-0.4, -0.2) is 34.6 Å². The van der Waals surface area contributed by atoms with Gasteiger partial charge in [0.15, 0.2) is 0 Å². The highest BCUT2D eigenvalue weighted by atomic mass is 16.6. The molecule has 0 aliphatic carbocycles. The molecular formula is C12H17N3O4. The third kappa shape index (κ3) is 4.01. The maximum Gasteiger partial charge on any atom is 0.273 e. The molecule has 1 aromatic carbocycles. The minimum absolute atomic E-state index is 0.0954. The molecule has 0 saturated heterocycles. The number of carbonyl (C=O) groups is 1. The van der Waals surface area contributed by atoms with Gasteiger partial charge in [-0.05, 0) is 19.9 Å². The highest BCUT2D eigenvalue weighted by molar-refractivity contribution is 5.95. The van der Waals surface area contributed by atoms with Crippen LogP contribution >= 0.6 is 0 Å². The van der Waals surface area contributed by atoms with Gasteiger partial charge in [-0.1, -0.05) is 6.07 Å². The summed E-state index contributed by atoms with van der Waals surface area (Å²) >= 11 is 0. The Morgan fingerprint density at radius 1 is 1.58 bits per heavy atom. The van der Waals surface area contributed by atoms with Crippen molar-refractivity contribution < 1.29 is 14.8 Å². The number of aliphatic hydroxyl groups is 1. The molecule has 2 unspecified atom stereocenters. The first-order valence-corrected chi connectivity index (χ1v) is 5.79. The van der Waals surface area contributed by atoms with Crippen LogP contribution in [0.3, 0.4) is 0 Å². The van der Waals surface area contributed by atoms with Gasteiger partial charge in [0.25, 0.3) is 11.6 Å². The Kier molecular flexibility index (Phi) is 4.96. The molecule has 19 heavy (non-hydrogen) atoms. The van der Waals surface area contributed by atoms with Crippen molar-refractivity contribution in [1.82, 2.24) is 5.32 Å². The van der Waals surface area contributed by atoms with Crippen molar-refractivity contribution in [3.05, 3.63) is 39.4 Å². The lowest BCUT2D eigenvalue weighted by molar-refractivity contribution is -0.385. The summed E-state index contributed by atoms with van der Waals surface area (Å²) in [6, 6.07) is 3.66. The van der Waals surface area contributed by atoms with Gasteiger partial charge in [0.1, 0.15) is 0 Å². The first kappa shape index (κ1) is 15.1. The zero-order valence-corrected chi connectivity index (χ0v) is 10.8. The van der Waals surface area contributed by atoms with Gasteiger partial charge >= 0.3 is 0 Å². The van der Waals surface area contributed by atoms with Gasteiger partial charge in [-0.2, -0.15) is 0 Å². The number of nitrogens with two attached hydrogens (primary N) is 1. The monoisotopic (exact) mass is 267 g/mol. The van der Waals surface area contributed by atoms with Crippen LogP contribution < -0.4 is 11.1 Å². The lowest BCUT2D eigenvalue weighted by Crippen LogP contribution is -2.43. The standard InChI is InChI=1S/C12H17N3O4/c1-7-3-4-9(5-11(7)15(18)19)12(17)14-6-10(13)8(2)16/h3-5,8,10,16H,6,13H2,1-2H3,(H,14,17). The zero-order chi connectivity index (χ0) is 14.6. The number of aliphatic hydroxyl groups excluding tert-OH is 1. The molecule has 0 spiro atoms. The van der Waals surface area contributed by atoms with Gasteiger partial charge in [-0.3, -0.25) is 14.9 Å². The summed E-state index contributed by atoms with van der Waals surface area (Å²) in [7, 11) is 0. The molecule has 0 aliphatic heterocycles. The molecule has 1 aromatic rings. The number of nitrogens with zero attached hydrogens (tertiary/aromatic N) is 1. The molecule has 0 saturated carbocycles. The Morgan fingerprint density at radius 2 is 2.21 bits per heavy atom. The van der Waals surface area contributed by atoms with Gasteiger partial charge in [0, 0.05) is 29.8 Å². The summed E-state index contributed by atoms with van der Waals surface area (Å²) in [5.74, 6) is -0.459. The van der Waals surface area contributed by atoms with E-state index in [2.05, 4.69) is 5.32 Å². The maximum absolute atomic E-state index is 11.8. The number of aryl methyl sites for hydroxylation is 1. The molecule has 0 radical (unpaired) electrons. The largest absolute Gasteiger partial charge is 0.392 e. The number of rotatable bonds is 5.